The van der Waals surface area contributed by atoms with E-state index in [4.69, 9.17) is 5.26 Å². The minimum absolute atomic E-state index is 0.0939. The Balaban J connectivity index is 2.62. The lowest BCUT2D eigenvalue weighted by molar-refractivity contribution is -0.385. The Morgan fingerprint density at radius 1 is 1.40 bits per heavy atom. The highest BCUT2D eigenvalue weighted by molar-refractivity contribution is 9.11. The molecular weight excluding hydrogens is 460 g/mol. The molecule has 0 spiro atoms. The van der Waals surface area contributed by atoms with Gasteiger partial charge in [0.25, 0.3) is 11.2 Å². The predicted octanol–water partition coefficient (Wildman–Crippen LogP) is 3.45. The third-order valence-corrected chi connectivity index (χ3v) is 4.71. The molecule has 128 valence electrons. The van der Waals surface area contributed by atoms with Crippen LogP contribution in [0.1, 0.15) is 16.7 Å². The van der Waals surface area contributed by atoms with Crippen LogP contribution in [0.3, 0.4) is 0 Å². The van der Waals surface area contributed by atoms with Crippen LogP contribution in [0.15, 0.2) is 30.9 Å². The van der Waals surface area contributed by atoms with E-state index in [0.717, 1.165) is 4.57 Å². The number of nitriles is 1. The minimum atomic E-state index is -0.604. The van der Waals surface area contributed by atoms with E-state index >= 15 is 0 Å². The van der Waals surface area contributed by atoms with E-state index in [-0.39, 0.29) is 22.7 Å². The van der Waals surface area contributed by atoms with E-state index in [1.807, 2.05) is 6.07 Å². The molecule has 1 aromatic heterocycles. The Morgan fingerprint density at radius 2 is 1.96 bits per heavy atom. The lowest BCUT2D eigenvalue weighted by Crippen LogP contribution is -2.22. The fourth-order valence-corrected chi connectivity index (χ4v) is 3.47. The van der Waals surface area contributed by atoms with Crippen LogP contribution in [0.2, 0.25) is 0 Å². The van der Waals surface area contributed by atoms with E-state index in [2.05, 4.69) is 36.9 Å². The molecule has 8 nitrogen and oxygen atoms in total. The molecule has 0 fully saturated rings. The molecule has 0 atom stereocenters. The van der Waals surface area contributed by atoms with Crippen molar-refractivity contribution in [2.75, 3.05) is 0 Å². The van der Waals surface area contributed by atoms with Gasteiger partial charge in [-0.2, -0.15) is 5.26 Å². The van der Waals surface area contributed by atoms with Gasteiger partial charge in [-0.15, -0.1) is 0 Å². The first-order chi connectivity index (χ1) is 11.7. The Bertz CT molecular complexity index is 999. The second kappa shape index (κ2) is 7.16. The van der Waals surface area contributed by atoms with Crippen molar-refractivity contribution in [3.63, 3.8) is 0 Å². The molecule has 25 heavy (non-hydrogen) atoms. The van der Waals surface area contributed by atoms with Crippen LogP contribution in [-0.4, -0.2) is 20.8 Å². The van der Waals surface area contributed by atoms with E-state index in [0.29, 0.717) is 20.2 Å². The van der Waals surface area contributed by atoms with Gasteiger partial charge in [0.1, 0.15) is 11.6 Å². The maximum Gasteiger partial charge on any atom is 0.271 e. The van der Waals surface area contributed by atoms with Gasteiger partial charge in [0.2, 0.25) is 5.88 Å². The van der Waals surface area contributed by atoms with Crippen LogP contribution in [0.4, 0.5) is 11.4 Å². The summed E-state index contributed by atoms with van der Waals surface area (Å²) in [6, 6.07) is 4.41. The molecule has 0 aliphatic heterocycles. The van der Waals surface area contributed by atoms with Gasteiger partial charge in [0.15, 0.2) is 0 Å². The average Bonchev–Trinajstić information content (AvgIpc) is 2.55. The third-order valence-electron chi connectivity index (χ3n) is 3.50. The van der Waals surface area contributed by atoms with Gasteiger partial charge < -0.3 is 5.11 Å². The number of nitrogens with zero attached hydrogens (tertiary/aromatic N) is 4. The van der Waals surface area contributed by atoms with E-state index in [9.17, 15) is 20.0 Å². The number of pyridine rings is 1. The first-order valence-corrected chi connectivity index (χ1v) is 8.27. The van der Waals surface area contributed by atoms with Crippen LogP contribution in [0.25, 0.3) is 0 Å². The molecule has 2 aromatic rings. The zero-order valence-corrected chi connectivity index (χ0v) is 16.1. The summed E-state index contributed by atoms with van der Waals surface area (Å²) in [5.41, 5.74) is 0.0371. The minimum Gasteiger partial charge on any atom is -0.494 e. The Hall–Kier alpha value is -2.51. The summed E-state index contributed by atoms with van der Waals surface area (Å²) in [7, 11) is 1.34. The number of nitro benzene ring substituents is 1. The van der Waals surface area contributed by atoms with Gasteiger partial charge in [0.05, 0.1) is 25.1 Å². The molecule has 2 rings (SSSR count). The van der Waals surface area contributed by atoms with Crippen molar-refractivity contribution >= 4 is 49.4 Å². The monoisotopic (exact) mass is 468 g/mol. The van der Waals surface area contributed by atoms with Crippen molar-refractivity contribution in [2.24, 2.45) is 12.0 Å². The van der Waals surface area contributed by atoms with Crippen molar-refractivity contribution in [3.8, 4) is 11.9 Å². The molecule has 0 aliphatic carbocycles. The fourth-order valence-electron chi connectivity index (χ4n) is 2.10. The third kappa shape index (κ3) is 3.47. The fraction of sp³-hybridized carbons (Fsp3) is 0.133. The predicted molar refractivity (Wildman–Crippen MR) is 98.6 cm³/mol. The standard InChI is InChI=1S/C15H10Br2N4O4/c1-7-9(5-18)14(22)20(2)15(23)10(7)6-19-13-11(16)3-8(21(24)25)4-12(13)17/h3-4,6,23H,1-2H3. The zero-order valence-electron chi connectivity index (χ0n) is 12.9. The molecule has 1 aromatic carbocycles. The number of rotatable bonds is 3. The first kappa shape index (κ1) is 18.8. The highest BCUT2D eigenvalue weighted by Gasteiger charge is 2.17. The van der Waals surface area contributed by atoms with Crippen molar-refractivity contribution in [1.82, 2.24) is 4.57 Å². The molecule has 0 bridgehead atoms. The van der Waals surface area contributed by atoms with Gasteiger partial charge in [-0.25, -0.2) is 0 Å². The van der Waals surface area contributed by atoms with Crippen LogP contribution >= 0.6 is 31.9 Å². The number of aliphatic imine (C=N–C) groups is 1. The van der Waals surface area contributed by atoms with E-state index in [1.165, 1.54) is 32.3 Å². The summed E-state index contributed by atoms with van der Waals surface area (Å²) >= 11 is 6.43. The number of non-ortho nitro benzene ring substituents is 1. The smallest absolute Gasteiger partial charge is 0.271 e. The molecular formula is C15H10Br2N4O4. The van der Waals surface area contributed by atoms with Gasteiger partial charge in [-0.1, -0.05) is 0 Å². The van der Waals surface area contributed by atoms with Crippen LogP contribution in [0.5, 0.6) is 5.88 Å². The molecule has 1 N–H and O–H groups in total. The summed E-state index contributed by atoms with van der Waals surface area (Å²) in [6.45, 7) is 1.53. The SMILES string of the molecule is Cc1c(C=Nc2c(Br)cc([N+](=O)[O-])cc2Br)c(O)n(C)c(=O)c1C#N. The number of aromatic nitrogens is 1. The quantitative estimate of drug-likeness (QED) is 0.419. The number of hydrogen-bond acceptors (Lipinski definition) is 6. The average molecular weight is 470 g/mol. The number of nitro groups is 1. The van der Waals surface area contributed by atoms with Gasteiger partial charge in [-0.3, -0.25) is 24.5 Å². The Labute approximate surface area is 158 Å². The van der Waals surface area contributed by atoms with Gasteiger partial charge >= 0.3 is 0 Å². The second-order valence-electron chi connectivity index (χ2n) is 4.99. The van der Waals surface area contributed by atoms with Crippen molar-refractivity contribution < 1.29 is 10.0 Å². The summed E-state index contributed by atoms with van der Waals surface area (Å²) < 4.78 is 1.69. The largest absolute Gasteiger partial charge is 0.494 e. The van der Waals surface area contributed by atoms with Crippen molar-refractivity contribution in [2.45, 2.75) is 6.92 Å². The summed E-state index contributed by atoms with van der Waals surface area (Å²) in [5, 5.41) is 30.1. The van der Waals surface area contributed by atoms with Crippen LogP contribution in [0, 0.1) is 28.4 Å². The molecule has 0 amide bonds. The maximum atomic E-state index is 11.9. The van der Waals surface area contributed by atoms with E-state index < -0.39 is 10.5 Å². The number of hydrogen-bond donors (Lipinski definition) is 1. The molecule has 0 saturated heterocycles. The molecule has 0 saturated carbocycles. The first-order valence-electron chi connectivity index (χ1n) is 6.69. The normalized spacial score (nSPS) is 10.8. The second-order valence-corrected chi connectivity index (χ2v) is 6.70. The topological polar surface area (TPSA) is 122 Å². The molecule has 1 heterocycles. The Kier molecular flexibility index (Phi) is 5.39. The molecule has 0 radical (unpaired) electrons. The highest BCUT2D eigenvalue weighted by Crippen LogP contribution is 2.37. The number of halogens is 2. The van der Waals surface area contributed by atoms with Crippen LogP contribution < -0.4 is 5.56 Å². The molecule has 0 aliphatic rings. The zero-order chi connectivity index (χ0) is 18.9. The van der Waals surface area contributed by atoms with Gasteiger partial charge in [-0.05, 0) is 44.3 Å². The van der Waals surface area contributed by atoms with Crippen molar-refractivity contribution in [1.29, 1.82) is 5.26 Å². The molecule has 0 unspecified atom stereocenters. The summed E-state index contributed by atoms with van der Waals surface area (Å²) in [5.74, 6) is -0.334. The lowest BCUT2D eigenvalue weighted by atomic mass is 10.1. The van der Waals surface area contributed by atoms with E-state index in [1.54, 1.807) is 0 Å². The molecule has 10 heteroatoms. The summed E-state index contributed by atoms with van der Waals surface area (Å²) in [4.78, 5) is 26.5. The lowest BCUT2D eigenvalue weighted by Gasteiger charge is -2.10. The number of aromatic hydroxyl groups is 1. The number of benzene rings is 1. The van der Waals surface area contributed by atoms with Gasteiger partial charge in [0, 0.05) is 25.4 Å². The summed E-state index contributed by atoms with van der Waals surface area (Å²) in [6.07, 6.45) is 1.29. The van der Waals surface area contributed by atoms with Crippen molar-refractivity contribution in [3.05, 3.63) is 58.2 Å². The maximum absolute atomic E-state index is 11.9. The van der Waals surface area contributed by atoms with Crippen LogP contribution in [-0.2, 0) is 7.05 Å². The Morgan fingerprint density at radius 3 is 2.44 bits per heavy atom. The highest BCUT2D eigenvalue weighted by atomic mass is 79.9.